The fourth-order valence-corrected chi connectivity index (χ4v) is 1.32. The summed E-state index contributed by atoms with van der Waals surface area (Å²) in [4.78, 5) is 10.2. The van der Waals surface area contributed by atoms with E-state index in [1.165, 1.54) is 6.33 Å². The van der Waals surface area contributed by atoms with Gasteiger partial charge in [-0.1, -0.05) is 5.21 Å². The Hall–Kier alpha value is -1.72. The van der Waals surface area contributed by atoms with Gasteiger partial charge in [0.15, 0.2) is 17.0 Å². The first kappa shape index (κ1) is 8.86. The molecule has 0 aliphatic heterocycles. The summed E-state index contributed by atoms with van der Waals surface area (Å²) in [6.07, 6.45) is 1.53. The van der Waals surface area contributed by atoms with Crippen molar-refractivity contribution in [1.82, 2.24) is 25.0 Å². The van der Waals surface area contributed by atoms with Crippen LogP contribution in [-0.2, 0) is 6.54 Å². The molecule has 0 bridgehead atoms. The topological polar surface area (TPSA) is 59.7 Å². The summed E-state index contributed by atoms with van der Waals surface area (Å²) in [5.74, 6) is 0.801. The van der Waals surface area contributed by atoms with Gasteiger partial charge in [-0.25, -0.2) is 14.6 Å². The van der Waals surface area contributed by atoms with Crippen molar-refractivity contribution in [2.24, 2.45) is 0 Å². The monoisotopic (exact) mass is 192 g/mol. The van der Waals surface area contributed by atoms with Crippen LogP contribution in [-0.4, -0.2) is 39.1 Å². The van der Waals surface area contributed by atoms with Crippen LogP contribution in [0, 0.1) is 0 Å². The molecule has 2 heterocycles. The van der Waals surface area contributed by atoms with Crippen molar-refractivity contribution in [3.63, 3.8) is 0 Å². The molecule has 0 saturated carbocycles. The predicted octanol–water partition coefficient (Wildman–Crippen LogP) is 0.307. The number of hydrogen-bond acceptors (Lipinski definition) is 5. The molecule has 0 fully saturated rings. The molecule has 6 heteroatoms. The largest absolute Gasteiger partial charge is 0.361 e. The van der Waals surface area contributed by atoms with E-state index in [-0.39, 0.29) is 0 Å². The summed E-state index contributed by atoms with van der Waals surface area (Å²) in [7, 11) is 3.85. The Bertz CT molecular complexity index is 446. The quantitative estimate of drug-likeness (QED) is 0.685. The average Bonchev–Trinajstić information content (AvgIpc) is 2.59. The van der Waals surface area contributed by atoms with Crippen molar-refractivity contribution in [2.75, 3.05) is 19.0 Å². The van der Waals surface area contributed by atoms with Crippen molar-refractivity contribution in [2.45, 2.75) is 13.5 Å². The average molecular weight is 192 g/mol. The summed E-state index contributed by atoms with van der Waals surface area (Å²) in [5, 5.41) is 8.05. The smallest absolute Gasteiger partial charge is 0.183 e. The highest BCUT2D eigenvalue weighted by Crippen LogP contribution is 2.17. The molecule has 0 N–H and O–H groups in total. The molecule has 0 aliphatic carbocycles. The first-order valence-electron chi connectivity index (χ1n) is 4.45. The molecule has 14 heavy (non-hydrogen) atoms. The van der Waals surface area contributed by atoms with E-state index < -0.39 is 0 Å². The molecule has 0 amide bonds. The second-order valence-corrected chi connectivity index (χ2v) is 3.17. The van der Waals surface area contributed by atoms with Crippen LogP contribution in [0.25, 0.3) is 11.2 Å². The zero-order chi connectivity index (χ0) is 10.1. The Morgan fingerprint density at radius 1 is 1.36 bits per heavy atom. The summed E-state index contributed by atoms with van der Waals surface area (Å²) >= 11 is 0. The number of fused-ring (bicyclic) bond motifs is 1. The van der Waals surface area contributed by atoms with E-state index in [1.54, 1.807) is 4.68 Å². The lowest BCUT2D eigenvalue weighted by molar-refractivity contribution is 0.641. The van der Waals surface area contributed by atoms with Gasteiger partial charge >= 0.3 is 0 Å². The Morgan fingerprint density at radius 3 is 2.79 bits per heavy atom. The Labute approximate surface area is 81.6 Å². The van der Waals surface area contributed by atoms with E-state index in [9.17, 15) is 0 Å². The van der Waals surface area contributed by atoms with E-state index in [1.807, 2.05) is 25.9 Å². The number of hydrogen-bond donors (Lipinski definition) is 0. The molecule has 0 spiro atoms. The third-order valence-electron chi connectivity index (χ3n) is 2.00. The molecule has 2 rings (SSSR count). The molecule has 6 nitrogen and oxygen atoms in total. The molecule has 0 radical (unpaired) electrons. The fraction of sp³-hybridized carbons (Fsp3) is 0.500. The summed E-state index contributed by atoms with van der Waals surface area (Å²) in [6.45, 7) is 2.77. The van der Waals surface area contributed by atoms with Gasteiger partial charge in [-0.3, -0.25) is 0 Å². The number of aryl methyl sites for hydroxylation is 1. The Kier molecular flexibility index (Phi) is 2.03. The molecule has 0 aromatic carbocycles. The number of nitrogens with zero attached hydrogens (tertiary/aromatic N) is 6. The van der Waals surface area contributed by atoms with Crippen molar-refractivity contribution in [3.8, 4) is 0 Å². The lowest BCUT2D eigenvalue weighted by Crippen LogP contribution is -2.11. The maximum Gasteiger partial charge on any atom is 0.183 e. The second kappa shape index (κ2) is 3.21. The summed E-state index contributed by atoms with van der Waals surface area (Å²) < 4.78 is 1.75. The number of rotatable bonds is 2. The zero-order valence-electron chi connectivity index (χ0n) is 8.47. The van der Waals surface area contributed by atoms with Crippen LogP contribution in [0.5, 0.6) is 0 Å². The minimum Gasteiger partial charge on any atom is -0.361 e. The van der Waals surface area contributed by atoms with Crippen LogP contribution in [0.1, 0.15) is 6.92 Å². The highest BCUT2D eigenvalue weighted by atomic mass is 15.4. The fourth-order valence-electron chi connectivity index (χ4n) is 1.32. The van der Waals surface area contributed by atoms with Crippen LogP contribution in [0.4, 0.5) is 5.82 Å². The summed E-state index contributed by atoms with van der Waals surface area (Å²) in [6, 6.07) is 0. The number of aromatic nitrogens is 5. The van der Waals surface area contributed by atoms with Crippen molar-refractivity contribution in [1.29, 1.82) is 0 Å². The molecule has 0 unspecified atom stereocenters. The van der Waals surface area contributed by atoms with Crippen LogP contribution in [0.3, 0.4) is 0 Å². The lowest BCUT2D eigenvalue weighted by Gasteiger charge is -2.09. The standard InChI is InChI=1S/C8H12N6/c1-4-14-8-6(11-12-14)7(13(2)3)9-5-10-8/h5H,4H2,1-3H3. The van der Waals surface area contributed by atoms with Gasteiger partial charge in [-0.05, 0) is 6.92 Å². The van der Waals surface area contributed by atoms with Crippen LogP contribution in [0.15, 0.2) is 6.33 Å². The van der Waals surface area contributed by atoms with Crippen molar-refractivity contribution in [3.05, 3.63) is 6.33 Å². The minimum absolute atomic E-state index is 0.749. The molecular weight excluding hydrogens is 180 g/mol. The molecular formula is C8H12N6. The highest BCUT2D eigenvalue weighted by Gasteiger charge is 2.11. The first-order valence-corrected chi connectivity index (χ1v) is 4.45. The van der Waals surface area contributed by atoms with Crippen LogP contribution < -0.4 is 4.90 Å². The Balaban J connectivity index is 2.70. The molecule has 0 atom stereocenters. The predicted molar refractivity (Wildman–Crippen MR) is 53.1 cm³/mol. The molecule has 2 aromatic heterocycles. The molecule has 0 aliphatic rings. The maximum absolute atomic E-state index is 4.16. The Morgan fingerprint density at radius 2 is 2.14 bits per heavy atom. The lowest BCUT2D eigenvalue weighted by atomic mass is 10.4. The van der Waals surface area contributed by atoms with Gasteiger partial charge in [0.2, 0.25) is 0 Å². The van der Waals surface area contributed by atoms with Gasteiger partial charge in [0.1, 0.15) is 6.33 Å². The van der Waals surface area contributed by atoms with E-state index in [4.69, 9.17) is 0 Å². The number of anilines is 1. The van der Waals surface area contributed by atoms with Crippen molar-refractivity contribution >= 4 is 17.0 Å². The second-order valence-electron chi connectivity index (χ2n) is 3.17. The van der Waals surface area contributed by atoms with Gasteiger partial charge in [0, 0.05) is 20.6 Å². The van der Waals surface area contributed by atoms with Gasteiger partial charge in [0.25, 0.3) is 0 Å². The van der Waals surface area contributed by atoms with Gasteiger partial charge in [0.05, 0.1) is 0 Å². The normalized spacial score (nSPS) is 10.8. The third kappa shape index (κ3) is 1.19. The zero-order valence-corrected chi connectivity index (χ0v) is 8.47. The SMILES string of the molecule is CCn1nnc2c(N(C)C)ncnc21. The van der Waals surface area contributed by atoms with E-state index >= 15 is 0 Å². The van der Waals surface area contributed by atoms with Gasteiger partial charge in [-0.2, -0.15) is 0 Å². The van der Waals surface area contributed by atoms with Crippen LogP contribution in [0.2, 0.25) is 0 Å². The maximum atomic E-state index is 4.16. The molecule has 0 saturated heterocycles. The third-order valence-corrected chi connectivity index (χ3v) is 2.00. The molecule has 2 aromatic rings. The van der Waals surface area contributed by atoms with Gasteiger partial charge in [-0.15, -0.1) is 5.10 Å². The van der Waals surface area contributed by atoms with E-state index in [0.29, 0.717) is 0 Å². The minimum atomic E-state index is 0.749. The summed E-state index contributed by atoms with van der Waals surface area (Å²) in [5.41, 5.74) is 1.53. The van der Waals surface area contributed by atoms with Gasteiger partial charge < -0.3 is 4.90 Å². The van der Waals surface area contributed by atoms with Crippen molar-refractivity contribution < 1.29 is 0 Å². The first-order chi connectivity index (χ1) is 6.74. The van der Waals surface area contributed by atoms with E-state index in [0.717, 1.165) is 23.5 Å². The van der Waals surface area contributed by atoms with E-state index in [2.05, 4.69) is 20.3 Å². The highest BCUT2D eigenvalue weighted by molar-refractivity contribution is 5.82. The van der Waals surface area contributed by atoms with Crippen LogP contribution >= 0.6 is 0 Å². The molecule has 74 valence electrons.